The molecular formula is C12H13ClFN. The van der Waals surface area contributed by atoms with Crippen molar-refractivity contribution >= 4 is 11.6 Å². The van der Waals surface area contributed by atoms with Crippen LogP contribution >= 0.6 is 11.6 Å². The van der Waals surface area contributed by atoms with Crippen LogP contribution in [0.4, 0.5) is 4.39 Å². The van der Waals surface area contributed by atoms with Gasteiger partial charge < -0.3 is 5.32 Å². The van der Waals surface area contributed by atoms with Crippen LogP contribution in [0.1, 0.15) is 24.4 Å². The zero-order valence-electron chi connectivity index (χ0n) is 8.56. The summed E-state index contributed by atoms with van der Waals surface area (Å²) in [6, 6.07) is 4.49. The van der Waals surface area contributed by atoms with Gasteiger partial charge in [-0.2, -0.15) is 0 Å². The van der Waals surface area contributed by atoms with Crippen molar-refractivity contribution in [3.8, 4) is 12.3 Å². The molecule has 0 saturated heterocycles. The molecule has 1 unspecified atom stereocenters. The Morgan fingerprint density at radius 3 is 2.87 bits per heavy atom. The van der Waals surface area contributed by atoms with Gasteiger partial charge in [0.05, 0.1) is 0 Å². The minimum atomic E-state index is -0.324. The summed E-state index contributed by atoms with van der Waals surface area (Å²) in [5, 5.41) is 3.55. The van der Waals surface area contributed by atoms with E-state index in [9.17, 15) is 4.39 Å². The first kappa shape index (κ1) is 12.0. The molecule has 0 aromatic heterocycles. The van der Waals surface area contributed by atoms with Crippen LogP contribution in [-0.2, 0) is 0 Å². The zero-order chi connectivity index (χ0) is 11.3. The predicted molar refractivity (Wildman–Crippen MR) is 61.3 cm³/mol. The summed E-state index contributed by atoms with van der Waals surface area (Å²) in [5.74, 6) is 2.25. The maximum Gasteiger partial charge on any atom is 0.124 e. The van der Waals surface area contributed by atoms with E-state index in [-0.39, 0.29) is 11.9 Å². The van der Waals surface area contributed by atoms with Gasteiger partial charge >= 0.3 is 0 Å². The Morgan fingerprint density at radius 2 is 2.33 bits per heavy atom. The van der Waals surface area contributed by atoms with E-state index in [0.29, 0.717) is 11.4 Å². The van der Waals surface area contributed by atoms with Crippen molar-refractivity contribution in [2.24, 2.45) is 0 Å². The number of terminal acetylenes is 1. The monoisotopic (exact) mass is 225 g/mol. The highest BCUT2D eigenvalue weighted by atomic mass is 35.5. The molecule has 1 aromatic rings. The van der Waals surface area contributed by atoms with Crippen molar-refractivity contribution in [2.75, 3.05) is 7.05 Å². The second-order valence-electron chi connectivity index (χ2n) is 3.25. The highest BCUT2D eigenvalue weighted by molar-refractivity contribution is 6.31. The third kappa shape index (κ3) is 3.23. The average Bonchev–Trinajstić information content (AvgIpc) is 2.21. The zero-order valence-corrected chi connectivity index (χ0v) is 9.31. The van der Waals surface area contributed by atoms with Gasteiger partial charge in [-0.3, -0.25) is 0 Å². The van der Waals surface area contributed by atoms with Gasteiger partial charge in [0.15, 0.2) is 0 Å². The van der Waals surface area contributed by atoms with E-state index in [0.717, 1.165) is 12.0 Å². The third-order valence-corrected chi connectivity index (χ3v) is 2.59. The minimum absolute atomic E-state index is 0.0779. The lowest BCUT2D eigenvalue weighted by molar-refractivity contribution is 0.555. The maximum atomic E-state index is 12.8. The SMILES string of the molecule is C#CCCC(NC)c1ccc(F)cc1Cl. The van der Waals surface area contributed by atoms with E-state index in [2.05, 4.69) is 11.2 Å². The van der Waals surface area contributed by atoms with E-state index in [1.807, 2.05) is 7.05 Å². The maximum absolute atomic E-state index is 12.8. The van der Waals surface area contributed by atoms with Gasteiger partial charge in [0, 0.05) is 17.5 Å². The minimum Gasteiger partial charge on any atom is -0.313 e. The molecule has 0 radical (unpaired) electrons. The fourth-order valence-electron chi connectivity index (χ4n) is 1.47. The van der Waals surface area contributed by atoms with Crippen LogP contribution in [0, 0.1) is 18.2 Å². The van der Waals surface area contributed by atoms with Crippen LogP contribution < -0.4 is 5.32 Å². The lowest BCUT2D eigenvalue weighted by Gasteiger charge is -2.16. The van der Waals surface area contributed by atoms with Crippen LogP contribution in [0.3, 0.4) is 0 Å². The number of halogens is 2. The summed E-state index contributed by atoms with van der Waals surface area (Å²) in [4.78, 5) is 0. The second-order valence-corrected chi connectivity index (χ2v) is 3.66. The lowest BCUT2D eigenvalue weighted by Crippen LogP contribution is -2.16. The van der Waals surface area contributed by atoms with E-state index < -0.39 is 0 Å². The summed E-state index contributed by atoms with van der Waals surface area (Å²) >= 11 is 5.95. The number of rotatable bonds is 4. The predicted octanol–water partition coefficient (Wildman–Crippen LogP) is 3.15. The second kappa shape index (κ2) is 5.75. The summed E-state index contributed by atoms with van der Waals surface area (Å²) in [6.45, 7) is 0. The lowest BCUT2D eigenvalue weighted by atomic mass is 10.0. The summed E-state index contributed by atoms with van der Waals surface area (Å²) in [5.41, 5.74) is 0.885. The molecule has 80 valence electrons. The fourth-order valence-corrected chi connectivity index (χ4v) is 1.77. The van der Waals surface area contributed by atoms with Crippen LogP contribution in [0.2, 0.25) is 5.02 Å². The molecule has 1 nitrogen and oxygen atoms in total. The molecule has 1 aromatic carbocycles. The molecule has 3 heteroatoms. The largest absolute Gasteiger partial charge is 0.313 e. The van der Waals surface area contributed by atoms with Crippen molar-refractivity contribution in [3.63, 3.8) is 0 Å². The molecule has 1 N–H and O–H groups in total. The molecule has 0 aliphatic heterocycles. The topological polar surface area (TPSA) is 12.0 Å². The van der Waals surface area contributed by atoms with Crippen molar-refractivity contribution in [3.05, 3.63) is 34.6 Å². The van der Waals surface area contributed by atoms with Crippen molar-refractivity contribution in [2.45, 2.75) is 18.9 Å². The molecule has 1 atom stereocenters. The quantitative estimate of drug-likeness (QED) is 0.777. The average molecular weight is 226 g/mol. The fraction of sp³-hybridized carbons (Fsp3) is 0.333. The number of hydrogen-bond donors (Lipinski definition) is 1. The summed E-state index contributed by atoms with van der Waals surface area (Å²) in [6.07, 6.45) is 6.66. The standard InChI is InChI=1S/C12H13ClFN/c1-3-4-5-12(15-2)10-7-6-9(14)8-11(10)13/h1,6-8,12,15H,4-5H2,2H3. The normalized spacial score (nSPS) is 12.1. The molecule has 0 heterocycles. The summed E-state index contributed by atoms with van der Waals surface area (Å²) in [7, 11) is 1.83. The molecule has 0 saturated carbocycles. The van der Waals surface area contributed by atoms with Gasteiger partial charge in [0.2, 0.25) is 0 Å². The Balaban J connectivity index is 2.87. The van der Waals surface area contributed by atoms with Gasteiger partial charge in [-0.05, 0) is 31.2 Å². The molecule has 0 aliphatic carbocycles. The van der Waals surface area contributed by atoms with Crippen LogP contribution in [0.25, 0.3) is 0 Å². The number of hydrogen-bond acceptors (Lipinski definition) is 1. The molecule has 0 aliphatic rings. The number of nitrogens with one attached hydrogen (secondary N) is 1. The first-order chi connectivity index (χ1) is 7.19. The van der Waals surface area contributed by atoms with Crippen LogP contribution in [0.5, 0.6) is 0 Å². The van der Waals surface area contributed by atoms with Crippen molar-refractivity contribution in [1.82, 2.24) is 5.32 Å². The van der Waals surface area contributed by atoms with E-state index in [1.54, 1.807) is 6.07 Å². The Labute approximate surface area is 94.6 Å². The van der Waals surface area contributed by atoms with Crippen molar-refractivity contribution < 1.29 is 4.39 Å². The Morgan fingerprint density at radius 1 is 1.60 bits per heavy atom. The van der Waals surface area contributed by atoms with Gasteiger partial charge in [-0.15, -0.1) is 12.3 Å². The Bertz CT molecular complexity index is 370. The third-order valence-electron chi connectivity index (χ3n) is 2.26. The smallest absolute Gasteiger partial charge is 0.124 e. The van der Waals surface area contributed by atoms with Crippen LogP contribution in [0.15, 0.2) is 18.2 Å². The van der Waals surface area contributed by atoms with Gasteiger partial charge in [-0.1, -0.05) is 17.7 Å². The molecule has 0 fully saturated rings. The van der Waals surface area contributed by atoms with Gasteiger partial charge in [0.1, 0.15) is 5.82 Å². The van der Waals surface area contributed by atoms with E-state index in [1.165, 1.54) is 12.1 Å². The van der Waals surface area contributed by atoms with E-state index >= 15 is 0 Å². The molecule has 0 spiro atoms. The molecule has 1 rings (SSSR count). The summed E-state index contributed by atoms with van der Waals surface area (Å²) < 4.78 is 12.8. The highest BCUT2D eigenvalue weighted by Crippen LogP contribution is 2.26. The van der Waals surface area contributed by atoms with Crippen LogP contribution in [-0.4, -0.2) is 7.05 Å². The van der Waals surface area contributed by atoms with Crippen molar-refractivity contribution in [1.29, 1.82) is 0 Å². The molecule has 0 amide bonds. The Kier molecular flexibility index (Phi) is 4.61. The molecule has 0 bridgehead atoms. The molecule has 15 heavy (non-hydrogen) atoms. The Hall–Kier alpha value is -1.04. The number of benzene rings is 1. The molecular weight excluding hydrogens is 213 g/mol. The van der Waals surface area contributed by atoms with Gasteiger partial charge in [-0.25, -0.2) is 4.39 Å². The first-order valence-corrected chi connectivity index (χ1v) is 5.12. The highest BCUT2D eigenvalue weighted by Gasteiger charge is 2.12. The van der Waals surface area contributed by atoms with E-state index in [4.69, 9.17) is 18.0 Å². The van der Waals surface area contributed by atoms with Gasteiger partial charge in [0.25, 0.3) is 0 Å². The first-order valence-electron chi connectivity index (χ1n) is 4.74.